The molecule has 0 atom stereocenters. The lowest BCUT2D eigenvalue weighted by Crippen LogP contribution is -2.39. The second-order valence-electron chi connectivity index (χ2n) is 5.16. The van der Waals surface area contributed by atoms with Crippen molar-refractivity contribution in [1.29, 1.82) is 0 Å². The summed E-state index contributed by atoms with van der Waals surface area (Å²) >= 11 is 0. The molecule has 2 aliphatic heterocycles. The number of aromatic nitrogens is 3. The van der Waals surface area contributed by atoms with Gasteiger partial charge in [-0.25, -0.2) is 9.78 Å². The fourth-order valence-corrected chi connectivity index (χ4v) is 2.81. The molecule has 9 nitrogen and oxygen atoms in total. The average molecular weight is 300 g/mol. The Morgan fingerprint density at radius 1 is 1.14 bits per heavy atom. The van der Waals surface area contributed by atoms with Crippen LogP contribution in [0, 0.1) is 0 Å². The molecule has 2 N–H and O–H groups in total. The lowest BCUT2D eigenvalue weighted by atomic mass is 10.1. The van der Waals surface area contributed by atoms with Gasteiger partial charge in [-0.2, -0.15) is 5.10 Å². The van der Waals surface area contributed by atoms with Gasteiger partial charge in [-0.15, -0.1) is 0 Å². The summed E-state index contributed by atoms with van der Waals surface area (Å²) in [7, 11) is 0. The normalized spacial score (nSPS) is 17.5. The number of carbonyl (C=O) groups is 3. The summed E-state index contributed by atoms with van der Waals surface area (Å²) in [5.74, 6) is -0.747. The first kappa shape index (κ1) is 12.7. The van der Waals surface area contributed by atoms with Gasteiger partial charge in [-0.1, -0.05) is 0 Å². The van der Waals surface area contributed by atoms with Crippen LogP contribution in [0.25, 0.3) is 11.0 Å². The van der Waals surface area contributed by atoms with Crippen molar-refractivity contribution in [3.05, 3.63) is 23.5 Å². The summed E-state index contributed by atoms with van der Waals surface area (Å²) in [5.41, 5.74) is 1.08. The Balaban J connectivity index is 1.61. The molecule has 2 aliphatic rings. The zero-order valence-electron chi connectivity index (χ0n) is 11.5. The van der Waals surface area contributed by atoms with E-state index in [0.717, 1.165) is 4.90 Å². The third-order valence-electron chi connectivity index (χ3n) is 3.95. The first-order valence-corrected chi connectivity index (χ1v) is 6.88. The van der Waals surface area contributed by atoms with Crippen LogP contribution in [0.15, 0.2) is 12.4 Å². The molecule has 0 aliphatic carbocycles. The van der Waals surface area contributed by atoms with Crippen LogP contribution < -0.4 is 5.32 Å². The first-order chi connectivity index (χ1) is 10.7. The van der Waals surface area contributed by atoms with Gasteiger partial charge in [0.05, 0.1) is 22.7 Å². The molecule has 2 aromatic rings. The van der Waals surface area contributed by atoms with Crippen LogP contribution in [0.1, 0.15) is 20.7 Å². The quantitative estimate of drug-likeness (QED) is 0.748. The summed E-state index contributed by atoms with van der Waals surface area (Å²) in [5, 5.41) is 9.75. The molecule has 0 aromatic carbocycles. The minimum atomic E-state index is -0.379. The van der Waals surface area contributed by atoms with Gasteiger partial charge in [0.15, 0.2) is 5.65 Å². The van der Waals surface area contributed by atoms with Crippen LogP contribution in [0.3, 0.4) is 0 Å². The number of urea groups is 1. The SMILES string of the molecule is O=C1NCCN1CCN1C(=O)c2cnc3[nH]ncc3c2C1=O. The first-order valence-electron chi connectivity index (χ1n) is 6.88. The number of rotatable bonds is 3. The summed E-state index contributed by atoms with van der Waals surface area (Å²) in [6.07, 6.45) is 2.88. The van der Waals surface area contributed by atoms with Crippen molar-refractivity contribution in [3.8, 4) is 0 Å². The number of aromatic amines is 1. The van der Waals surface area contributed by atoms with E-state index in [2.05, 4.69) is 20.5 Å². The molecular weight excluding hydrogens is 288 g/mol. The van der Waals surface area contributed by atoms with Crippen molar-refractivity contribution < 1.29 is 14.4 Å². The predicted molar refractivity (Wildman–Crippen MR) is 74.2 cm³/mol. The summed E-state index contributed by atoms with van der Waals surface area (Å²) in [6.45, 7) is 1.65. The Morgan fingerprint density at radius 2 is 2.00 bits per heavy atom. The monoisotopic (exact) mass is 300 g/mol. The van der Waals surface area contributed by atoms with Crippen LogP contribution in [-0.2, 0) is 0 Å². The molecule has 112 valence electrons. The van der Waals surface area contributed by atoms with Gasteiger partial charge in [0.1, 0.15) is 0 Å². The Bertz CT molecular complexity index is 813. The van der Waals surface area contributed by atoms with Gasteiger partial charge in [-0.05, 0) is 0 Å². The van der Waals surface area contributed by atoms with E-state index in [1.807, 2.05) is 0 Å². The van der Waals surface area contributed by atoms with Gasteiger partial charge in [-0.3, -0.25) is 19.6 Å². The Kier molecular flexibility index (Phi) is 2.62. The molecule has 4 amide bonds. The zero-order chi connectivity index (χ0) is 15.3. The summed E-state index contributed by atoms with van der Waals surface area (Å²) in [6, 6.07) is -0.171. The second kappa shape index (κ2) is 4.52. The molecule has 22 heavy (non-hydrogen) atoms. The fraction of sp³-hybridized carbons (Fsp3) is 0.308. The van der Waals surface area contributed by atoms with Crippen LogP contribution in [0.2, 0.25) is 0 Å². The number of pyridine rings is 1. The molecule has 0 bridgehead atoms. The van der Waals surface area contributed by atoms with Crippen molar-refractivity contribution in [1.82, 2.24) is 30.3 Å². The molecule has 0 saturated carbocycles. The smallest absolute Gasteiger partial charge is 0.317 e. The molecule has 4 heterocycles. The zero-order valence-corrected chi connectivity index (χ0v) is 11.5. The largest absolute Gasteiger partial charge is 0.336 e. The molecule has 0 unspecified atom stereocenters. The van der Waals surface area contributed by atoms with Gasteiger partial charge < -0.3 is 10.2 Å². The number of carbonyl (C=O) groups excluding carboxylic acids is 3. The van der Waals surface area contributed by atoms with Crippen LogP contribution >= 0.6 is 0 Å². The van der Waals surface area contributed by atoms with Crippen molar-refractivity contribution >= 4 is 28.9 Å². The van der Waals surface area contributed by atoms with E-state index >= 15 is 0 Å². The van der Waals surface area contributed by atoms with E-state index in [-0.39, 0.29) is 30.0 Å². The van der Waals surface area contributed by atoms with E-state index in [1.54, 1.807) is 4.90 Å². The van der Waals surface area contributed by atoms with Crippen LogP contribution in [0.5, 0.6) is 0 Å². The Hall–Kier alpha value is -2.97. The van der Waals surface area contributed by atoms with E-state index in [4.69, 9.17) is 0 Å². The van der Waals surface area contributed by atoms with Crippen molar-refractivity contribution in [3.63, 3.8) is 0 Å². The minimum Gasteiger partial charge on any atom is -0.336 e. The van der Waals surface area contributed by atoms with E-state index in [9.17, 15) is 14.4 Å². The van der Waals surface area contributed by atoms with Crippen molar-refractivity contribution in [2.45, 2.75) is 0 Å². The highest BCUT2D eigenvalue weighted by Gasteiger charge is 2.38. The van der Waals surface area contributed by atoms with Gasteiger partial charge in [0.25, 0.3) is 11.8 Å². The fourth-order valence-electron chi connectivity index (χ4n) is 2.81. The second-order valence-corrected chi connectivity index (χ2v) is 5.16. The van der Waals surface area contributed by atoms with Gasteiger partial charge in [0, 0.05) is 32.4 Å². The van der Waals surface area contributed by atoms with E-state index < -0.39 is 0 Å². The molecule has 0 spiro atoms. The van der Waals surface area contributed by atoms with Crippen molar-refractivity contribution in [2.75, 3.05) is 26.2 Å². The van der Waals surface area contributed by atoms with Crippen LogP contribution in [0.4, 0.5) is 4.79 Å². The maximum Gasteiger partial charge on any atom is 0.317 e. The predicted octanol–water partition coefficient (Wildman–Crippen LogP) is -0.421. The lowest BCUT2D eigenvalue weighted by Gasteiger charge is -2.19. The van der Waals surface area contributed by atoms with Crippen LogP contribution in [-0.4, -0.2) is 69.0 Å². The molecular formula is C13H12N6O3. The molecule has 9 heteroatoms. The molecule has 1 saturated heterocycles. The lowest BCUT2D eigenvalue weighted by molar-refractivity contribution is 0.0644. The Morgan fingerprint density at radius 3 is 2.77 bits per heavy atom. The maximum absolute atomic E-state index is 12.5. The topological polar surface area (TPSA) is 111 Å². The Labute approximate surface area is 124 Å². The minimum absolute atomic E-state index is 0.166. The summed E-state index contributed by atoms with van der Waals surface area (Å²) in [4.78, 5) is 43.2. The number of nitrogens with one attached hydrogen (secondary N) is 2. The highest BCUT2D eigenvalue weighted by Crippen LogP contribution is 2.27. The van der Waals surface area contributed by atoms with Gasteiger partial charge in [0.2, 0.25) is 0 Å². The number of H-pyrrole nitrogens is 1. The number of nitrogens with zero attached hydrogens (tertiary/aromatic N) is 4. The third kappa shape index (κ3) is 1.68. The average Bonchev–Trinajstić information content (AvgIpc) is 3.18. The van der Waals surface area contributed by atoms with Crippen molar-refractivity contribution in [2.24, 2.45) is 0 Å². The molecule has 2 aromatic heterocycles. The standard InChI is InChI=1S/C13H12N6O3/c20-11-8-5-15-10-7(6-16-17-10)9(8)12(21)19(11)4-3-18-2-1-14-13(18)22/h5-6H,1-4H2,(H,14,22)(H,15,16,17). The highest BCUT2D eigenvalue weighted by molar-refractivity contribution is 6.25. The number of imide groups is 1. The molecule has 1 fully saturated rings. The maximum atomic E-state index is 12.5. The molecule has 4 rings (SSSR count). The van der Waals surface area contributed by atoms with E-state index in [1.165, 1.54) is 12.4 Å². The van der Waals surface area contributed by atoms with E-state index in [0.29, 0.717) is 36.2 Å². The number of hydrogen-bond donors (Lipinski definition) is 2. The van der Waals surface area contributed by atoms with Gasteiger partial charge >= 0.3 is 6.03 Å². The number of hydrogen-bond acceptors (Lipinski definition) is 5. The number of amides is 4. The number of fused-ring (bicyclic) bond motifs is 3. The molecule has 0 radical (unpaired) electrons. The third-order valence-corrected chi connectivity index (χ3v) is 3.95. The highest BCUT2D eigenvalue weighted by atomic mass is 16.2. The summed E-state index contributed by atoms with van der Waals surface area (Å²) < 4.78 is 0.